The minimum Gasteiger partial charge on any atom is -0.463 e. The number of sulfonamides is 1. The predicted octanol–water partition coefficient (Wildman–Crippen LogP) is 2.39. The van der Waals surface area contributed by atoms with E-state index in [1.54, 1.807) is 26.0 Å². The first-order chi connectivity index (χ1) is 21.4. The van der Waals surface area contributed by atoms with Crippen molar-refractivity contribution in [1.82, 2.24) is 8.87 Å². The fourth-order valence-electron chi connectivity index (χ4n) is 6.24. The van der Waals surface area contributed by atoms with E-state index >= 15 is 0 Å². The highest BCUT2D eigenvalue weighted by molar-refractivity contribution is 7.89. The highest BCUT2D eigenvalue weighted by atomic mass is 32.2. The van der Waals surface area contributed by atoms with Crippen molar-refractivity contribution in [2.24, 2.45) is 0 Å². The predicted molar refractivity (Wildman–Crippen MR) is 157 cm³/mol. The number of ether oxygens (including phenoxy) is 5. The number of hydrogen-bond acceptors (Lipinski definition) is 11. The van der Waals surface area contributed by atoms with Crippen molar-refractivity contribution in [3.63, 3.8) is 0 Å². The molecule has 0 amide bonds. The van der Waals surface area contributed by atoms with Crippen LogP contribution in [0, 0.1) is 6.92 Å². The summed E-state index contributed by atoms with van der Waals surface area (Å²) in [6, 6.07) is 6.56. The molecule has 2 atom stereocenters. The number of esters is 3. The molecule has 0 saturated carbocycles. The van der Waals surface area contributed by atoms with Crippen molar-refractivity contribution in [3.8, 4) is 0 Å². The number of aromatic nitrogens is 1. The summed E-state index contributed by atoms with van der Waals surface area (Å²) < 4.78 is 58.4. The zero-order valence-corrected chi connectivity index (χ0v) is 26.6. The van der Waals surface area contributed by atoms with Gasteiger partial charge in [-0.2, -0.15) is 4.31 Å². The average molecular weight is 647 g/mol. The summed E-state index contributed by atoms with van der Waals surface area (Å²) in [4.78, 5) is 53.7. The Hall–Kier alpha value is -3.59. The maximum absolute atomic E-state index is 14.0. The van der Waals surface area contributed by atoms with Crippen molar-refractivity contribution >= 4 is 27.9 Å². The molecule has 5 rings (SSSR count). The number of carbonyl (C=O) groups is 3. The first kappa shape index (κ1) is 32.8. The van der Waals surface area contributed by atoms with Crippen LogP contribution in [0.5, 0.6) is 0 Å². The van der Waals surface area contributed by atoms with Crippen molar-refractivity contribution in [3.05, 3.63) is 63.1 Å². The van der Waals surface area contributed by atoms with Crippen LogP contribution in [0.15, 0.2) is 40.0 Å². The van der Waals surface area contributed by atoms with E-state index in [9.17, 15) is 27.6 Å². The Morgan fingerprint density at radius 2 is 1.76 bits per heavy atom. The molecule has 1 unspecified atom stereocenters. The molecule has 1 aromatic carbocycles. The van der Waals surface area contributed by atoms with Gasteiger partial charge in [0, 0.05) is 32.0 Å². The number of pyridine rings is 1. The molecule has 2 aromatic rings. The highest BCUT2D eigenvalue weighted by Crippen LogP contribution is 2.43. The summed E-state index contributed by atoms with van der Waals surface area (Å²) in [5.41, 5.74) is -1.68. The molecule has 45 heavy (non-hydrogen) atoms. The van der Waals surface area contributed by atoms with Crippen LogP contribution in [0.1, 0.15) is 68.8 Å². The molecule has 1 aromatic heterocycles. The molecule has 3 aliphatic rings. The van der Waals surface area contributed by atoms with Crippen molar-refractivity contribution in [2.75, 3.05) is 26.4 Å². The summed E-state index contributed by atoms with van der Waals surface area (Å²) in [5, 5.41) is 0. The van der Waals surface area contributed by atoms with E-state index in [-0.39, 0.29) is 61.8 Å². The molecular weight excluding hydrogens is 608 g/mol. The number of carbonyl (C=O) groups excluding carboxylic acids is 3. The minimum atomic E-state index is -4.09. The number of fused-ring (bicyclic) bond motifs is 2. The van der Waals surface area contributed by atoms with Gasteiger partial charge in [0.25, 0.3) is 5.56 Å². The molecule has 0 aliphatic carbocycles. The summed E-state index contributed by atoms with van der Waals surface area (Å²) in [5.74, 6) is -3.83. The van der Waals surface area contributed by atoms with Crippen molar-refractivity contribution in [1.29, 1.82) is 0 Å². The van der Waals surface area contributed by atoms with Gasteiger partial charge in [0.1, 0.15) is 12.6 Å². The fourth-order valence-corrected chi connectivity index (χ4v) is 7.89. The van der Waals surface area contributed by atoms with Crippen molar-refractivity contribution in [2.45, 2.75) is 88.9 Å². The van der Waals surface area contributed by atoms with Gasteiger partial charge in [-0.15, -0.1) is 0 Å². The van der Waals surface area contributed by atoms with Crippen LogP contribution in [0.2, 0.25) is 0 Å². The van der Waals surface area contributed by atoms with E-state index in [4.69, 9.17) is 23.7 Å². The summed E-state index contributed by atoms with van der Waals surface area (Å²) in [6.45, 7) is 6.49. The maximum atomic E-state index is 14.0. The van der Waals surface area contributed by atoms with E-state index in [1.165, 1.54) is 29.7 Å². The molecule has 0 radical (unpaired) electrons. The van der Waals surface area contributed by atoms with Crippen LogP contribution >= 0.6 is 0 Å². The number of aryl methyl sites for hydroxylation is 1. The van der Waals surface area contributed by atoms with Gasteiger partial charge in [0.05, 0.1) is 36.0 Å². The van der Waals surface area contributed by atoms with Gasteiger partial charge in [0.15, 0.2) is 0 Å². The first-order valence-corrected chi connectivity index (χ1v) is 16.5. The molecule has 2 saturated heterocycles. The molecule has 2 fully saturated rings. The van der Waals surface area contributed by atoms with Gasteiger partial charge >= 0.3 is 17.9 Å². The second-order valence-electron chi connectivity index (χ2n) is 11.3. The molecule has 14 heteroatoms. The van der Waals surface area contributed by atoms with Gasteiger partial charge in [-0.1, -0.05) is 24.6 Å². The number of hydrogen-bond donors (Lipinski definition) is 0. The lowest BCUT2D eigenvalue weighted by molar-refractivity contribution is -0.187. The van der Waals surface area contributed by atoms with Gasteiger partial charge in [-0.25, -0.2) is 13.2 Å². The van der Waals surface area contributed by atoms with Crippen LogP contribution < -0.4 is 5.56 Å². The van der Waals surface area contributed by atoms with Gasteiger partial charge in [-0.05, 0) is 51.3 Å². The summed E-state index contributed by atoms with van der Waals surface area (Å²) in [6.07, 6.45) is 0.688. The Balaban J connectivity index is 1.62. The van der Waals surface area contributed by atoms with Gasteiger partial charge in [-0.3, -0.25) is 14.4 Å². The molecular formula is C31H38N2O11S. The normalized spacial score (nSPS) is 20.5. The topological polar surface area (TPSA) is 157 Å². The lowest BCUT2D eigenvalue weighted by atomic mass is 9.86. The Labute approximate surface area is 261 Å². The lowest BCUT2D eigenvalue weighted by Crippen LogP contribution is -2.49. The van der Waals surface area contributed by atoms with Crippen LogP contribution in [0.25, 0.3) is 0 Å². The van der Waals surface area contributed by atoms with Crippen LogP contribution in [0.3, 0.4) is 0 Å². The zero-order chi connectivity index (χ0) is 32.6. The van der Waals surface area contributed by atoms with E-state index < -0.39 is 57.5 Å². The van der Waals surface area contributed by atoms with E-state index in [2.05, 4.69) is 0 Å². The van der Waals surface area contributed by atoms with Crippen molar-refractivity contribution < 1.29 is 46.5 Å². The standard InChI is InChI=1S/C31H38N2O11S/c1-5-30(29(37)40-6-2,44-28(36)25-8-7-14-33(25)45(38,39)22-11-9-20(3)10-12-22)24-18-26-31(42-16-17-43-31)13-15-32(26)27(35)23(24)19-41-21(4)34/h9-12,18,25H,5-8,13-17,19H2,1-4H3/t25?,30-/m0/s1. The molecule has 4 heterocycles. The number of nitrogens with zero attached hydrogens (tertiary/aromatic N) is 2. The number of rotatable bonds is 10. The molecule has 244 valence electrons. The second kappa shape index (κ2) is 12.7. The van der Waals surface area contributed by atoms with Gasteiger partial charge in [0.2, 0.25) is 21.4 Å². The molecule has 0 bridgehead atoms. The molecule has 0 N–H and O–H groups in total. The number of benzene rings is 1. The summed E-state index contributed by atoms with van der Waals surface area (Å²) in [7, 11) is -4.09. The average Bonchev–Trinajstić information content (AvgIpc) is 3.77. The van der Waals surface area contributed by atoms with Gasteiger partial charge < -0.3 is 28.3 Å². The Morgan fingerprint density at radius 3 is 2.38 bits per heavy atom. The zero-order valence-electron chi connectivity index (χ0n) is 25.8. The van der Waals surface area contributed by atoms with Crippen LogP contribution in [0.4, 0.5) is 0 Å². The third-order valence-electron chi connectivity index (χ3n) is 8.54. The Kier molecular flexibility index (Phi) is 9.23. The quantitative estimate of drug-likeness (QED) is 0.276. The highest BCUT2D eigenvalue weighted by Gasteiger charge is 2.53. The largest absolute Gasteiger partial charge is 0.463 e. The maximum Gasteiger partial charge on any atom is 0.355 e. The third kappa shape index (κ3) is 5.80. The summed E-state index contributed by atoms with van der Waals surface area (Å²) >= 11 is 0. The first-order valence-electron chi connectivity index (χ1n) is 15.1. The monoisotopic (exact) mass is 646 g/mol. The lowest BCUT2D eigenvalue weighted by Gasteiger charge is -2.35. The Bertz CT molecular complexity index is 1640. The van der Waals surface area contributed by atoms with E-state index in [1.807, 2.05) is 6.92 Å². The molecule has 3 aliphatic heterocycles. The fraction of sp³-hybridized carbons (Fsp3) is 0.548. The smallest absolute Gasteiger partial charge is 0.355 e. The van der Waals surface area contributed by atoms with Crippen LogP contribution in [-0.2, 0) is 72.6 Å². The van der Waals surface area contributed by atoms with E-state index in [0.29, 0.717) is 18.5 Å². The van der Waals surface area contributed by atoms with E-state index in [0.717, 1.165) is 9.87 Å². The minimum absolute atomic E-state index is 0.0251. The third-order valence-corrected chi connectivity index (χ3v) is 10.5. The SMILES string of the molecule is CCOC(=O)[C@@](CC)(OC(=O)C1CCCN1S(=O)(=O)c1ccc(C)cc1)c1cc2n(c(=O)c1COC(C)=O)CCC21OCCO1. The van der Waals surface area contributed by atoms with Crippen LogP contribution in [-0.4, -0.2) is 67.6 Å². The second-order valence-corrected chi connectivity index (χ2v) is 13.2. The molecule has 13 nitrogen and oxygen atoms in total. The molecule has 1 spiro atoms. The Morgan fingerprint density at radius 1 is 1.07 bits per heavy atom.